The maximum absolute atomic E-state index is 12.1. The summed E-state index contributed by atoms with van der Waals surface area (Å²) in [5, 5.41) is 8.38. The highest BCUT2D eigenvalue weighted by atomic mass is 19.4. The molecule has 0 aliphatic carbocycles. The summed E-state index contributed by atoms with van der Waals surface area (Å²) in [6, 6.07) is 0. The number of alkyl halides is 8. The summed E-state index contributed by atoms with van der Waals surface area (Å²) in [5.41, 5.74) is -5.84. The van der Waals surface area contributed by atoms with Crippen molar-refractivity contribution in [3.8, 4) is 0 Å². The molecule has 0 heterocycles. The zero-order valence-electron chi connectivity index (χ0n) is 8.49. The maximum Gasteiger partial charge on any atom is 0.437 e. The number of rotatable bonds is 3. The molecule has 3 nitrogen and oxygen atoms in total. The molecule has 0 saturated carbocycles. The number of hydrogen-bond donors (Lipinski definition) is 1. The van der Waals surface area contributed by atoms with E-state index in [9.17, 15) is 39.9 Å². The van der Waals surface area contributed by atoms with Gasteiger partial charge in [-0.25, -0.2) is 13.6 Å². The summed E-state index contributed by atoms with van der Waals surface area (Å²) >= 11 is 0. The predicted molar refractivity (Wildman–Crippen MR) is 38.6 cm³/mol. The first-order chi connectivity index (χ1) is 7.63. The van der Waals surface area contributed by atoms with E-state index in [4.69, 9.17) is 5.11 Å². The number of carbonyl (C=O) groups excluding carboxylic acids is 1. The largest absolute Gasteiger partial charge is 0.457 e. The van der Waals surface area contributed by atoms with E-state index in [-0.39, 0.29) is 6.92 Å². The van der Waals surface area contributed by atoms with E-state index in [1.54, 1.807) is 0 Å². The molecule has 0 spiro atoms. The Labute approximate surface area is 94.3 Å². The second kappa shape index (κ2) is 4.52. The Morgan fingerprint density at radius 3 is 1.56 bits per heavy atom. The van der Waals surface area contributed by atoms with Gasteiger partial charge in [-0.05, 0) is 0 Å². The van der Waals surface area contributed by atoms with Crippen molar-refractivity contribution >= 4 is 5.97 Å². The number of esters is 1. The average Bonchev–Trinajstić information content (AvgIpc) is 2.07. The van der Waals surface area contributed by atoms with Crippen LogP contribution in [0, 0.1) is 0 Å². The smallest absolute Gasteiger partial charge is 0.437 e. The quantitative estimate of drug-likeness (QED) is 0.639. The molecule has 0 fully saturated rings. The van der Waals surface area contributed by atoms with Crippen LogP contribution >= 0.6 is 0 Å². The van der Waals surface area contributed by atoms with Gasteiger partial charge < -0.3 is 9.84 Å². The van der Waals surface area contributed by atoms with Crippen LogP contribution < -0.4 is 0 Å². The summed E-state index contributed by atoms with van der Waals surface area (Å²) in [6.45, 7) is -1.93. The topological polar surface area (TPSA) is 46.5 Å². The van der Waals surface area contributed by atoms with Crippen molar-refractivity contribution in [1.29, 1.82) is 0 Å². The van der Waals surface area contributed by atoms with Crippen LogP contribution in [0.25, 0.3) is 0 Å². The number of hydrogen-bond acceptors (Lipinski definition) is 3. The lowest BCUT2D eigenvalue weighted by atomic mass is 10.0. The molecule has 18 heavy (non-hydrogen) atoms. The van der Waals surface area contributed by atoms with Crippen LogP contribution in [-0.4, -0.2) is 41.6 Å². The van der Waals surface area contributed by atoms with Gasteiger partial charge in [-0.2, -0.15) is 26.3 Å². The first kappa shape index (κ1) is 16.9. The molecule has 0 aromatic carbocycles. The van der Waals surface area contributed by atoms with Crippen LogP contribution in [0.4, 0.5) is 35.1 Å². The predicted octanol–water partition coefficient (Wildman–Crippen LogP) is 2.04. The minimum atomic E-state index is -6.45. The van der Waals surface area contributed by atoms with Crippen LogP contribution in [0.2, 0.25) is 0 Å². The van der Waals surface area contributed by atoms with E-state index in [2.05, 4.69) is 4.74 Å². The number of aliphatic hydroxyl groups is 1. The molecular weight excluding hydrogens is 284 g/mol. The van der Waals surface area contributed by atoms with Gasteiger partial charge in [0.15, 0.2) is 6.61 Å². The number of ether oxygens (including phenoxy) is 1. The second-order valence-corrected chi connectivity index (χ2v) is 3.35. The minimum Gasteiger partial charge on any atom is -0.457 e. The molecule has 0 radical (unpaired) electrons. The molecule has 0 saturated heterocycles. The van der Waals surface area contributed by atoms with Crippen LogP contribution in [-0.2, 0) is 9.53 Å². The lowest BCUT2D eigenvalue weighted by Gasteiger charge is -2.30. The zero-order valence-corrected chi connectivity index (χ0v) is 8.49. The Hall–Kier alpha value is -1.13. The van der Waals surface area contributed by atoms with E-state index in [1.807, 2.05) is 0 Å². The molecule has 0 unspecified atom stereocenters. The molecule has 0 bridgehead atoms. The van der Waals surface area contributed by atoms with Gasteiger partial charge in [-0.15, -0.1) is 0 Å². The van der Waals surface area contributed by atoms with Crippen molar-refractivity contribution in [1.82, 2.24) is 0 Å². The highest BCUT2D eigenvalue weighted by Crippen LogP contribution is 2.43. The van der Waals surface area contributed by atoms with Gasteiger partial charge >= 0.3 is 23.9 Å². The Balaban J connectivity index is 5.21. The summed E-state index contributed by atoms with van der Waals surface area (Å²) in [7, 11) is 0. The fraction of sp³-hybridized carbons (Fsp3) is 0.857. The van der Waals surface area contributed by atoms with Crippen LogP contribution in [0.3, 0.4) is 0 Å². The van der Waals surface area contributed by atoms with Crippen molar-refractivity contribution < 1.29 is 49.8 Å². The lowest BCUT2D eigenvalue weighted by Crippen LogP contribution is -2.63. The first-order valence-electron chi connectivity index (χ1n) is 4.04. The van der Waals surface area contributed by atoms with Crippen LogP contribution in [0.1, 0.15) is 6.92 Å². The molecule has 108 valence electrons. The second-order valence-electron chi connectivity index (χ2n) is 3.35. The lowest BCUT2D eigenvalue weighted by molar-refractivity contribution is -0.357. The molecule has 0 aromatic rings. The number of halogens is 8. The molecule has 0 aliphatic rings. The maximum atomic E-state index is 12.1. The highest BCUT2D eigenvalue weighted by Gasteiger charge is 2.76. The van der Waals surface area contributed by atoms with Gasteiger partial charge in [0, 0.05) is 6.92 Å². The monoisotopic (exact) mass is 290 g/mol. The Morgan fingerprint density at radius 2 is 1.33 bits per heavy atom. The SMILES string of the molecule is CC(F)(F)COC(=O)C(O)(C(F)(F)F)C(F)(F)F. The zero-order chi connectivity index (χ0) is 15.0. The fourth-order valence-corrected chi connectivity index (χ4v) is 0.689. The Bertz CT molecular complexity index is 298. The van der Waals surface area contributed by atoms with Gasteiger partial charge in [0.25, 0.3) is 5.92 Å². The summed E-state index contributed by atoms with van der Waals surface area (Å²) < 4.78 is 99.5. The fourth-order valence-electron chi connectivity index (χ4n) is 0.689. The first-order valence-corrected chi connectivity index (χ1v) is 4.04. The average molecular weight is 290 g/mol. The molecule has 11 heteroatoms. The molecule has 0 aromatic heterocycles. The minimum absolute atomic E-state index is 0.0977. The van der Waals surface area contributed by atoms with Crippen LogP contribution in [0.15, 0.2) is 0 Å². The van der Waals surface area contributed by atoms with E-state index in [0.29, 0.717) is 0 Å². The summed E-state index contributed by atoms with van der Waals surface area (Å²) in [4.78, 5) is 10.6. The van der Waals surface area contributed by atoms with Crippen molar-refractivity contribution in [2.24, 2.45) is 0 Å². The van der Waals surface area contributed by atoms with Gasteiger partial charge in [0.05, 0.1) is 0 Å². The van der Waals surface area contributed by atoms with E-state index < -0.39 is 36.5 Å². The molecular formula is C7H6F8O3. The molecule has 0 atom stereocenters. The molecule has 0 amide bonds. The summed E-state index contributed by atoms with van der Waals surface area (Å²) in [6.07, 6.45) is -12.9. The van der Waals surface area contributed by atoms with E-state index in [0.717, 1.165) is 0 Å². The number of carbonyl (C=O) groups is 1. The van der Waals surface area contributed by atoms with Crippen molar-refractivity contribution in [2.45, 2.75) is 30.8 Å². The van der Waals surface area contributed by atoms with Gasteiger partial charge in [0.1, 0.15) is 0 Å². The van der Waals surface area contributed by atoms with Crippen molar-refractivity contribution in [2.75, 3.05) is 6.61 Å². The van der Waals surface area contributed by atoms with E-state index in [1.165, 1.54) is 0 Å². The Kier molecular flexibility index (Phi) is 4.23. The van der Waals surface area contributed by atoms with Gasteiger partial charge in [-0.3, -0.25) is 0 Å². The third-order valence-electron chi connectivity index (χ3n) is 1.57. The third-order valence-corrected chi connectivity index (χ3v) is 1.57. The Morgan fingerprint density at radius 1 is 1.00 bits per heavy atom. The molecule has 0 rings (SSSR count). The normalized spacial score (nSPS) is 14.6. The molecule has 1 N–H and O–H groups in total. The van der Waals surface area contributed by atoms with Gasteiger partial charge in [-0.1, -0.05) is 0 Å². The third kappa shape index (κ3) is 3.43. The van der Waals surface area contributed by atoms with Crippen LogP contribution in [0.5, 0.6) is 0 Å². The molecule has 0 aliphatic heterocycles. The summed E-state index contributed by atoms with van der Waals surface area (Å²) in [5.74, 6) is -7.10. The van der Waals surface area contributed by atoms with Crippen molar-refractivity contribution in [3.63, 3.8) is 0 Å². The van der Waals surface area contributed by atoms with Gasteiger partial charge in [0.2, 0.25) is 0 Å². The standard InChI is InChI=1S/C7H6F8O3/c1-4(8,9)2-18-3(16)5(17,6(10,11)12)7(13,14)15/h17H,2H2,1H3. The highest BCUT2D eigenvalue weighted by molar-refractivity contribution is 5.81. The van der Waals surface area contributed by atoms with Crippen molar-refractivity contribution in [3.05, 3.63) is 0 Å². The van der Waals surface area contributed by atoms with E-state index >= 15 is 0 Å².